The number of hydrogen-bond acceptors (Lipinski definition) is 3. The number of amides is 1. The van der Waals surface area contributed by atoms with Crippen molar-refractivity contribution in [3.63, 3.8) is 0 Å². The van der Waals surface area contributed by atoms with Crippen LogP contribution in [0.3, 0.4) is 0 Å². The van der Waals surface area contributed by atoms with E-state index >= 15 is 0 Å². The first kappa shape index (κ1) is 14.9. The molecule has 1 aromatic carbocycles. The van der Waals surface area contributed by atoms with E-state index in [9.17, 15) is 9.90 Å². The molecule has 0 radical (unpaired) electrons. The molecule has 1 aliphatic heterocycles. The highest BCUT2D eigenvalue weighted by molar-refractivity contribution is 5.76. The summed E-state index contributed by atoms with van der Waals surface area (Å²) in [6.45, 7) is 5.18. The van der Waals surface area contributed by atoms with Gasteiger partial charge in [0.15, 0.2) is 0 Å². The Hall–Kier alpha value is -1.55. The van der Waals surface area contributed by atoms with Crippen molar-refractivity contribution in [2.45, 2.75) is 39.2 Å². The molecule has 0 spiro atoms. The quantitative estimate of drug-likeness (QED) is 0.832. The third-order valence-electron chi connectivity index (χ3n) is 3.65. The number of hydrogen-bond donors (Lipinski definition) is 2. The van der Waals surface area contributed by atoms with E-state index in [0.717, 1.165) is 25.2 Å². The monoisotopic (exact) mass is 277 g/mol. The summed E-state index contributed by atoms with van der Waals surface area (Å²) in [4.78, 5) is 11.6. The van der Waals surface area contributed by atoms with Crippen LogP contribution in [-0.4, -0.2) is 30.3 Å². The van der Waals surface area contributed by atoms with Crippen LogP contribution in [0.5, 0.6) is 5.75 Å². The number of aliphatic hydroxyl groups excluding tert-OH is 1. The Morgan fingerprint density at radius 2 is 2.25 bits per heavy atom. The van der Waals surface area contributed by atoms with Crippen molar-refractivity contribution in [3.05, 3.63) is 29.3 Å². The van der Waals surface area contributed by atoms with Crippen LogP contribution >= 0.6 is 0 Å². The molecule has 1 aliphatic rings. The SMILES string of the molecule is CC(C)C(O)CC(=O)NCCc1ccc2c(c1)CCO2. The van der Waals surface area contributed by atoms with Crippen LogP contribution in [0.25, 0.3) is 0 Å². The number of benzene rings is 1. The van der Waals surface area contributed by atoms with E-state index in [2.05, 4.69) is 11.4 Å². The van der Waals surface area contributed by atoms with Crippen LogP contribution < -0.4 is 10.1 Å². The zero-order valence-corrected chi connectivity index (χ0v) is 12.2. The first-order valence-corrected chi connectivity index (χ1v) is 7.25. The smallest absolute Gasteiger partial charge is 0.222 e. The highest BCUT2D eigenvalue weighted by atomic mass is 16.5. The number of aliphatic hydroxyl groups is 1. The molecule has 1 amide bonds. The van der Waals surface area contributed by atoms with E-state index in [1.165, 1.54) is 11.1 Å². The van der Waals surface area contributed by atoms with Crippen molar-refractivity contribution in [2.75, 3.05) is 13.2 Å². The normalized spacial score (nSPS) is 14.8. The van der Waals surface area contributed by atoms with Crippen molar-refractivity contribution < 1.29 is 14.6 Å². The van der Waals surface area contributed by atoms with Crippen molar-refractivity contribution >= 4 is 5.91 Å². The molecule has 0 aromatic heterocycles. The summed E-state index contributed by atoms with van der Waals surface area (Å²) in [6, 6.07) is 6.19. The molecule has 0 aliphatic carbocycles. The second-order valence-corrected chi connectivity index (χ2v) is 5.66. The third kappa shape index (κ3) is 3.97. The Balaban J connectivity index is 1.74. The molecule has 1 atom stereocenters. The molecule has 110 valence electrons. The summed E-state index contributed by atoms with van der Waals surface area (Å²) in [5.74, 6) is 1.01. The van der Waals surface area contributed by atoms with Gasteiger partial charge < -0.3 is 15.2 Å². The lowest BCUT2D eigenvalue weighted by atomic mass is 10.0. The van der Waals surface area contributed by atoms with Crippen molar-refractivity contribution in [1.29, 1.82) is 0 Å². The molecule has 0 saturated carbocycles. The van der Waals surface area contributed by atoms with Gasteiger partial charge in [0.1, 0.15) is 5.75 Å². The topological polar surface area (TPSA) is 58.6 Å². The summed E-state index contributed by atoms with van der Waals surface area (Å²) in [7, 11) is 0. The summed E-state index contributed by atoms with van der Waals surface area (Å²) in [6.07, 6.45) is 1.38. The zero-order chi connectivity index (χ0) is 14.5. The van der Waals surface area contributed by atoms with Gasteiger partial charge in [-0.3, -0.25) is 4.79 Å². The molecule has 4 heteroatoms. The average molecular weight is 277 g/mol. The van der Waals surface area contributed by atoms with E-state index < -0.39 is 6.10 Å². The molecule has 1 heterocycles. The predicted molar refractivity (Wildman–Crippen MR) is 77.8 cm³/mol. The summed E-state index contributed by atoms with van der Waals surface area (Å²) >= 11 is 0. The number of fused-ring (bicyclic) bond motifs is 1. The molecule has 2 N–H and O–H groups in total. The Labute approximate surface area is 120 Å². The molecule has 2 rings (SSSR count). The minimum atomic E-state index is -0.563. The first-order chi connectivity index (χ1) is 9.56. The Kier molecular flexibility index (Phi) is 5.01. The molecule has 0 saturated heterocycles. The predicted octanol–water partition coefficient (Wildman–Crippen LogP) is 1.69. The minimum absolute atomic E-state index is 0.0873. The van der Waals surface area contributed by atoms with Crippen molar-refractivity contribution in [1.82, 2.24) is 5.32 Å². The minimum Gasteiger partial charge on any atom is -0.493 e. The second kappa shape index (κ2) is 6.75. The highest BCUT2D eigenvalue weighted by Gasteiger charge is 2.14. The summed E-state index contributed by atoms with van der Waals surface area (Å²) in [5.41, 5.74) is 2.46. The van der Waals surface area contributed by atoms with E-state index in [1.54, 1.807) is 0 Å². The first-order valence-electron chi connectivity index (χ1n) is 7.25. The fraction of sp³-hybridized carbons (Fsp3) is 0.562. The third-order valence-corrected chi connectivity index (χ3v) is 3.65. The molecule has 1 aromatic rings. The van der Waals surface area contributed by atoms with Crippen LogP contribution in [0.2, 0.25) is 0 Å². The van der Waals surface area contributed by atoms with Gasteiger partial charge in [0.2, 0.25) is 5.91 Å². The number of rotatable bonds is 6. The van der Waals surface area contributed by atoms with Gasteiger partial charge in [0.25, 0.3) is 0 Å². The van der Waals surface area contributed by atoms with Crippen LogP contribution in [-0.2, 0) is 17.6 Å². The number of nitrogens with one attached hydrogen (secondary N) is 1. The van der Waals surface area contributed by atoms with Crippen molar-refractivity contribution in [2.24, 2.45) is 5.92 Å². The van der Waals surface area contributed by atoms with Gasteiger partial charge in [-0.15, -0.1) is 0 Å². The lowest BCUT2D eigenvalue weighted by Gasteiger charge is -2.14. The number of carbonyl (C=O) groups excluding carboxylic acids is 1. The van der Waals surface area contributed by atoms with Crippen LogP contribution in [0.15, 0.2) is 18.2 Å². The second-order valence-electron chi connectivity index (χ2n) is 5.66. The molecule has 1 unspecified atom stereocenters. The van der Waals surface area contributed by atoms with E-state index in [-0.39, 0.29) is 18.2 Å². The standard InChI is InChI=1S/C16H23NO3/c1-11(2)14(18)10-16(19)17-7-5-12-3-4-15-13(9-12)6-8-20-15/h3-4,9,11,14,18H,5-8,10H2,1-2H3,(H,17,19). The van der Waals surface area contributed by atoms with E-state index in [0.29, 0.717) is 6.54 Å². The molecule has 0 fully saturated rings. The zero-order valence-electron chi connectivity index (χ0n) is 12.2. The van der Waals surface area contributed by atoms with Crippen LogP contribution in [0, 0.1) is 5.92 Å². The lowest BCUT2D eigenvalue weighted by molar-refractivity contribution is -0.123. The Morgan fingerprint density at radius 3 is 3.00 bits per heavy atom. The average Bonchev–Trinajstić information content (AvgIpc) is 2.85. The van der Waals surface area contributed by atoms with E-state index in [1.807, 2.05) is 26.0 Å². The largest absolute Gasteiger partial charge is 0.493 e. The highest BCUT2D eigenvalue weighted by Crippen LogP contribution is 2.25. The summed E-state index contributed by atoms with van der Waals surface area (Å²) in [5, 5.41) is 12.5. The van der Waals surface area contributed by atoms with Crippen molar-refractivity contribution in [3.8, 4) is 5.75 Å². The molecular weight excluding hydrogens is 254 g/mol. The van der Waals surface area contributed by atoms with Gasteiger partial charge in [0.05, 0.1) is 19.1 Å². The van der Waals surface area contributed by atoms with Gasteiger partial charge in [-0.25, -0.2) is 0 Å². The van der Waals surface area contributed by atoms with Gasteiger partial charge in [-0.05, 0) is 29.5 Å². The van der Waals surface area contributed by atoms with Gasteiger partial charge in [-0.2, -0.15) is 0 Å². The number of ether oxygens (including phenoxy) is 1. The maximum atomic E-state index is 11.6. The fourth-order valence-electron chi connectivity index (χ4n) is 2.24. The van der Waals surface area contributed by atoms with Gasteiger partial charge >= 0.3 is 0 Å². The Bertz CT molecular complexity index is 471. The van der Waals surface area contributed by atoms with Crippen LogP contribution in [0.1, 0.15) is 31.4 Å². The van der Waals surface area contributed by atoms with Crippen LogP contribution in [0.4, 0.5) is 0 Å². The molecule has 0 bridgehead atoms. The van der Waals surface area contributed by atoms with E-state index in [4.69, 9.17) is 4.74 Å². The van der Waals surface area contributed by atoms with Gasteiger partial charge in [0, 0.05) is 13.0 Å². The summed E-state index contributed by atoms with van der Waals surface area (Å²) < 4.78 is 5.46. The fourth-order valence-corrected chi connectivity index (χ4v) is 2.24. The Morgan fingerprint density at radius 1 is 1.45 bits per heavy atom. The molecule has 20 heavy (non-hydrogen) atoms. The molecule has 4 nitrogen and oxygen atoms in total. The molecular formula is C16H23NO3. The van der Waals surface area contributed by atoms with Gasteiger partial charge in [-0.1, -0.05) is 26.0 Å². The number of carbonyl (C=O) groups is 1. The maximum Gasteiger partial charge on any atom is 0.222 e. The lowest BCUT2D eigenvalue weighted by Crippen LogP contribution is -2.30. The maximum absolute atomic E-state index is 11.6.